The van der Waals surface area contributed by atoms with Crippen LogP contribution in [0.1, 0.15) is 16.2 Å². The third-order valence-corrected chi connectivity index (χ3v) is 3.80. The Balaban J connectivity index is 1.92. The quantitative estimate of drug-likeness (QED) is 0.599. The number of nitrogens with one attached hydrogen (secondary N) is 1. The Morgan fingerprint density at radius 1 is 1.19 bits per heavy atom. The largest absolute Gasteiger partial charge is 0.304 e. The van der Waals surface area contributed by atoms with E-state index in [2.05, 4.69) is 20.4 Å². The van der Waals surface area contributed by atoms with Gasteiger partial charge in [0.15, 0.2) is 17.3 Å². The molecule has 4 heterocycles. The fourth-order valence-electron chi connectivity index (χ4n) is 2.73. The van der Waals surface area contributed by atoms with Crippen molar-refractivity contribution in [3.8, 4) is 5.82 Å². The molecule has 130 valence electrons. The van der Waals surface area contributed by atoms with Crippen molar-refractivity contribution in [2.45, 2.75) is 6.92 Å². The number of rotatable bonds is 3. The molecule has 1 amide bonds. The number of nitrogens with zero attached hydrogens (tertiary/aromatic N) is 6. The van der Waals surface area contributed by atoms with E-state index in [4.69, 9.17) is 0 Å². The van der Waals surface area contributed by atoms with Gasteiger partial charge >= 0.3 is 0 Å². The van der Waals surface area contributed by atoms with Gasteiger partial charge in [-0.15, -0.1) is 0 Å². The second-order valence-electron chi connectivity index (χ2n) is 5.76. The summed E-state index contributed by atoms with van der Waals surface area (Å²) < 4.78 is 4.35. The van der Waals surface area contributed by atoms with Crippen molar-refractivity contribution < 1.29 is 4.79 Å². The second-order valence-corrected chi connectivity index (χ2v) is 5.76. The third kappa shape index (κ3) is 2.65. The summed E-state index contributed by atoms with van der Waals surface area (Å²) in [6, 6.07) is 9.90. The number of fused-ring (bicyclic) bond motifs is 1. The molecule has 0 aliphatic rings. The van der Waals surface area contributed by atoms with Crippen LogP contribution in [0.3, 0.4) is 0 Å². The van der Waals surface area contributed by atoms with Gasteiger partial charge in [-0.2, -0.15) is 9.61 Å². The van der Waals surface area contributed by atoms with E-state index in [1.54, 1.807) is 61.4 Å². The van der Waals surface area contributed by atoms with Crippen molar-refractivity contribution >= 4 is 17.4 Å². The summed E-state index contributed by atoms with van der Waals surface area (Å²) in [5, 5.41) is 6.86. The molecule has 26 heavy (non-hydrogen) atoms. The van der Waals surface area contributed by atoms with Crippen LogP contribution in [0, 0.1) is 6.92 Å². The van der Waals surface area contributed by atoms with E-state index in [0.717, 1.165) is 0 Å². The number of aromatic nitrogens is 6. The van der Waals surface area contributed by atoms with Gasteiger partial charge in [-0.05, 0) is 19.1 Å². The molecule has 0 saturated carbocycles. The van der Waals surface area contributed by atoms with E-state index >= 15 is 0 Å². The standard InChI is InChI=1S/C17H15N7O2/c1-11-9-16(25)24-15(19-11)10-12(23(24)14-5-3-4-7-18-14)17(26)20-13-6-8-22(2)21-13/h3-10H,1-2H3,(H,20,21,26). The van der Waals surface area contributed by atoms with Crippen molar-refractivity contribution in [2.75, 3.05) is 5.32 Å². The first-order valence-electron chi connectivity index (χ1n) is 7.88. The monoisotopic (exact) mass is 349 g/mol. The van der Waals surface area contributed by atoms with Crippen LogP contribution in [0.25, 0.3) is 11.5 Å². The van der Waals surface area contributed by atoms with Crippen LogP contribution in [-0.2, 0) is 7.05 Å². The van der Waals surface area contributed by atoms with Crippen LogP contribution < -0.4 is 10.9 Å². The molecule has 0 fully saturated rings. The van der Waals surface area contributed by atoms with Crippen LogP contribution in [-0.4, -0.2) is 34.9 Å². The molecule has 4 aromatic rings. The minimum Gasteiger partial charge on any atom is -0.304 e. The number of aryl methyl sites for hydroxylation is 2. The Hall–Kier alpha value is -3.75. The Labute approximate surface area is 147 Å². The average molecular weight is 349 g/mol. The summed E-state index contributed by atoms with van der Waals surface area (Å²) in [6.07, 6.45) is 3.31. The van der Waals surface area contributed by atoms with E-state index < -0.39 is 5.91 Å². The van der Waals surface area contributed by atoms with Gasteiger partial charge in [-0.3, -0.25) is 14.3 Å². The molecule has 9 heteroatoms. The number of amides is 1. The molecule has 0 radical (unpaired) electrons. The number of hydrogen-bond donors (Lipinski definition) is 1. The Morgan fingerprint density at radius 3 is 2.73 bits per heavy atom. The van der Waals surface area contributed by atoms with Gasteiger partial charge in [-0.25, -0.2) is 14.6 Å². The lowest BCUT2D eigenvalue weighted by molar-refractivity contribution is 0.101. The molecule has 0 saturated heterocycles. The normalized spacial score (nSPS) is 11.0. The van der Waals surface area contributed by atoms with Crippen LogP contribution in [0.5, 0.6) is 0 Å². The smallest absolute Gasteiger partial charge is 0.275 e. The molecule has 0 aromatic carbocycles. The van der Waals surface area contributed by atoms with E-state index in [-0.39, 0.29) is 11.3 Å². The van der Waals surface area contributed by atoms with Crippen LogP contribution in [0.4, 0.5) is 5.82 Å². The van der Waals surface area contributed by atoms with Gasteiger partial charge < -0.3 is 5.32 Å². The van der Waals surface area contributed by atoms with Crippen LogP contribution in [0.2, 0.25) is 0 Å². The molecule has 0 bridgehead atoms. The SMILES string of the molecule is Cc1cc(=O)n2c(cc(C(=O)Nc3ccn(C)n3)n2-c2ccccn2)n1. The fraction of sp³-hybridized carbons (Fsp3) is 0.118. The van der Waals surface area contributed by atoms with Gasteiger partial charge in [0, 0.05) is 43.3 Å². The first-order valence-corrected chi connectivity index (χ1v) is 7.88. The lowest BCUT2D eigenvalue weighted by atomic mass is 10.3. The molecule has 4 aromatic heterocycles. The van der Waals surface area contributed by atoms with Crippen LogP contribution in [0.15, 0.2) is 53.6 Å². The van der Waals surface area contributed by atoms with Gasteiger partial charge in [0.25, 0.3) is 11.5 Å². The lowest BCUT2D eigenvalue weighted by Gasteiger charge is -2.09. The molecular formula is C17H15N7O2. The number of anilines is 1. The first-order chi connectivity index (χ1) is 12.5. The van der Waals surface area contributed by atoms with E-state index in [1.807, 2.05) is 0 Å². The third-order valence-electron chi connectivity index (χ3n) is 3.80. The minimum absolute atomic E-state index is 0.226. The van der Waals surface area contributed by atoms with Gasteiger partial charge in [0.2, 0.25) is 0 Å². The Bertz CT molecular complexity index is 1170. The molecular weight excluding hydrogens is 334 g/mol. The van der Waals surface area contributed by atoms with Gasteiger partial charge in [0.05, 0.1) is 0 Å². The predicted molar refractivity (Wildman–Crippen MR) is 94.5 cm³/mol. The molecule has 9 nitrogen and oxygen atoms in total. The number of carbonyl (C=O) groups is 1. The molecule has 0 aliphatic heterocycles. The average Bonchev–Trinajstić information content (AvgIpc) is 3.19. The highest BCUT2D eigenvalue weighted by molar-refractivity contribution is 6.03. The van der Waals surface area contributed by atoms with Crippen molar-refractivity contribution in [1.29, 1.82) is 0 Å². The van der Waals surface area contributed by atoms with Crippen molar-refractivity contribution in [1.82, 2.24) is 28.9 Å². The lowest BCUT2D eigenvalue weighted by Crippen LogP contribution is -2.25. The summed E-state index contributed by atoms with van der Waals surface area (Å²) in [6.45, 7) is 1.73. The minimum atomic E-state index is -0.420. The van der Waals surface area contributed by atoms with Crippen molar-refractivity contribution in [2.24, 2.45) is 7.05 Å². The zero-order valence-electron chi connectivity index (χ0n) is 14.1. The fourth-order valence-corrected chi connectivity index (χ4v) is 2.73. The molecule has 0 unspecified atom stereocenters. The van der Waals surface area contributed by atoms with Crippen LogP contribution >= 0.6 is 0 Å². The second kappa shape index (κ2) is 5.96. The van der Waals surface area contributed by atoms with E-state index in [9.17, 15) is 9.59 Å². The summed E-state index contributed by atoms with van der Waals surface area (Å²) in [4.78, 5) is 34.0. The summed E-state index contributed by atoms with van der Waals surface area (Å²) in [7, 11) is 1.76. The first kappa shape index (κ1) is 15.8. The highest BCUT2D eigenvalue weighted by Gasteiger charge is 2.20. The topological polar surface area (TPSA) is 99.1 Å². The van der Waals surface area contributed by atoms with E-state index in [1.165, 1.54) is 15.3 Å². The molecule has 0 atom stereocenters. The molecule has 1 N–H and O–H groups in total. The zero-order valence-corrected chi connectivity index (χ0v) is 14.1. The van der Waals surface area contributed by atoms with Crippen molar-refractivity contribution in [3.05, 3.63) is 70.5 Å². The Kier molecular flexibility index (Phi) is 3.61. The maximum absolute atomic E-state index is 12.8. The maximum Gasteiger partial charge on any atom is 0.275 e. The predicted octanol–water partition coefficient (Wildman–Crippen LogP) is 1.17. The summed E-state index contributed by atoms with van der Waals surface area (Å²) >= 11 is 0. The zero-order chi connectivity index (χ0) is 18.3. The van der Waals surface area contributed by atoms with Crippen molar-refractivity contribution in [3.63, 3.8) is 0 Å². The van der Waals surface area contributed by atoms with E-state index in [0.29, 0.717) is 23.0 Å². The number of carbonyl (C=O) groups excluding carboxylic acids is 1. The molecule has 0 aliphatic carbocycles. The maximum atomic E-state index is 12.8. The van der Waals surface area contributed by atoms with Gasteiger partial charge in [0.1, 0.15) is 5.69 Å². The van der Waals surface area contributed by atoms with Gasteiger partial charge in [-0.1, -0.05) is 6.07 Å². The summed E-state index contributed by atoms with van der Waals surface area (Å²) in [5.41, 5.74) is 0.872. The summed E-state index contributed by atoms with van der Waals surface area (Å²) in [5.74, 6) is 0.421. The Morgan fingerprint density at radius 2 is 2.04 bits per heavy atom. The highest BCUT2D eigenvalue weighted by Crippen LogP contribution is 2.15. The highest BCUT2D eigenvalue weighted by atomic mass is 16.2. The number of hydrogen-bond acceptors (Lipinski definition) is 5. The molecule has 0 spiro atoms. The number of pyridine rings is 1. The molecule has 4 rings (SSSR count).